The molecule has 0 fully saturated rings. The third-order valence-corrected chi connectivity index (χ3v) is 1.86. The fraction of sp³-hybridized carbons (Fsp3) is 0.857. The van der Waals surface area contributed by atoms with E-state index in [0.717, 1.165) is 12.8 Å². The van der Waals surface area contributed by atoms with Crippen molar-refractivity contribution in [3.8, 4) is 0 Å². The Balaban J connectivity index is 3.37. The number of aliphatic hydroxyl groups excluding tert-OH is 1. The van der Waals surface area contributed by atoms with Crippen molar-refractivity contribution in [2.24, 2.45) is 0 Å². The molecule has 3 heteroatoms. The Hall–Kier alpha value is 0.110. The minimum atomic E-state index is -0.435. The lowest BCUT2D eigenvalue weighted by molar-refractivity contribution is -0.118. The number of Topliss-reactive ketones (excluding diaryl/α,β-unsaturated/α-hetero) is 1. The number of ketones is 1. The van der Waals surface area contributed by atoms with Gasteiger partial charge in [-0.1, -0.05) is 29.3 Å². The van der Waals surface area contributed by atoms with Gasteiger partial charge in [0.15, 0.2) is 0 Å². The summed E-state index contributed by atoms with van der Waals surface area (Å²) in [6.45, 7) is 1.99. The lowest BCUT2D eigenvalue weighted by Crippen LogP contribution is -2.13. The van der Waals surface area contributed by atoms with Gasteiger partial charge in [0.2, 0.25) is 0 Å². The molecule has 2 nitrogen and oxygen atoms in total. The van der Waals surface area contributed by atoms with Crippen molar-refractivity contribution in [2.75, 3.05) is 5.33 Å². The van der Waals surface area contributed by atoms with Crippen LogP contribution in [-0.4, -0.2) is 22.3 Å². The van der Waals surface area contributed by atoms with Crippen LogP contribution in [0.4, 0.5) is 0 Å². The molecule has 0 spiro atoms. The molecule has 1 unspecified atom stereocenters. The van der Waals surface area contributed by atoms with Crippen molar-refractivity contribution in [3.05, 3.63) is 0 Å². The molecule has 0 aromatic carbocycles. The standard InChI is InChI=1S/C7H13BrO2/c1-2-3-6(9)4-7(10)5-8/h6,9H,2-5H2,1H3. The van der Waals surface area contributed by atoms with Gasteiger partial charge >= 0.3 is 0 Å². The molecular formula is C7H13BrO2. The molecule has 0 rings (SSSR count). The van der Waals surface area contributed by atoms with Crippen molar-refractivity contribution < 1.29 is 9.90 Å². The zero-order valence-corrected chi connectivity index (χ0v) is 7.73. The molecule has 0 aliphatic carbocycles. The summed E-state index contributed by atoms with van der Waals surface area (Å²) in [6.07, 6.45) is 1.50. The second-order valence-corrected chi connectivity index (χ2v) is 2.88. The van der Waals surface area contributed by atoms with Crippen LogP contribution in [0.15, 0.2) is 0 Å². The fourth-order valence-corrected chi connectivity index (χ4v) is 0.982. The number of hydrogen-bond acceptors (Lipinski definition) is 2. The van der Waals surface area contributed by atoms with Gasteiger partial charge in [-0.15, -0.1) is 0 Å². The van der Waals surface area contributed by atoms with Gasteiger partial charge in [0.1, 0.15) is 5.78 Å². The van der Waals surface area contributed by atoms with Gasteiger partial charge in [-0.25, -0.2) is 0 Å². The van der Waals surface area contributed by atoms with Gasteiger partial charge in [-0.3, -0.25) is 4.79 Å². The normalized spacial score (nSPS) is 13.1. The van der Waals surface area contributed by atoms with Crippen molar-refractivity contribution >= 4 is 21.7 Å². The first-order valence-electron chi connectivity index (χ1n) is 3.46. The quantitative estimate of drug-likeness (QED) is 0.696. The zero-order chi connectivity index (χ0) is 7.98. The van der Waals surface area contributed by atoms with Gasteiger partial charge in [-0.2, -0.15) is 0 Å². The van der Waals surface area contributed by atoms with E-state index in [9.17, 15) is 4.79 Å². The Morgan fingerprint density at radius 2 is 2.30 bits per heavy atom. The third-order valence-electron chi connectivity index (χ3n) is 1.23. The van der Waals surface area contributed by atoms with Gasteiger partial charge in [0, 0.05) is 6.42 Å². The maximum absolute atomic E-state index is 10.7. The van der Waals surface area contributed by atoms with E-state index < -0.39 is 6.10 Å². The van der Waals surface area contributed by atoms with E-state index in [1.165, 1.54) is 0 Å². The topological polar surface area (TPSA) is 37.3 Å². The Labute approximate surface area is 69.8 Å². The highest BCUT2D eigenvalue weighted by Gasteiger charge is 2.07. The summed E-state index contributed by atoms with van der Waals surface area (Å²) in [5, 5.41) is 9.46. The minimum absolute atomic E-state index is 0.0703. The molecule has 1 atom stereocenters. The van der Waals surface area contributed by atoms with Crippen LogP contribution in [0.1, 0.15) is 26.2 Å². The maximum Gasteiger partial charge on any atom is 0.145 e. The summed E-state index contributed by atoms with van der Waals surface area (Å²) >= 11 is 3.03. The Morgan fingerprint density at radius 3 is 2.70 bits per heavy atom. The molecule has 1 N–H and O–H groups in total. The van der Waals surface area contributed by atoms with E-state index in [1.54, 1.807) is 0 Å². The minimum Gasteiger partial charge on any atom is -0.393 e. The van der Waals surface area contributed by atoms with E-state index in [1.807, 2.05) is 6.92 Å². The molecule has 0 saturated carbocycles. The van der Waals surface area contributed by atoms with E-state index in [-0.39, 0.29) is 5.78 Å². The number of rotatable bonds is 5. The van der Waals surface area contributed by atoms with Crippen LogP contribution < -0.4 is 0 Å². The summed E-state index contributed by atoms with van der Waals surface area (Å²) in [6, 6.07) is 0. The monoisotopic (exact) mass is 208 g/mol. The van der Waals surface area contributed by atoms with Crippen molar-refractivity contribution in [2.45, 2.75) is 32.3 Å². The summed E-state index contributed by atoms with van der Waals surface area (Å²) < 4.78 is 0. The third kappa shape index (κ3) is 4.94. The number of carbonyl (C=O) groups excluding carboxylic acids is 1. The molecule has 0 aromatic heterocycles. The van der Waals surface area contributed by atoms with Gasteiger partial charge < -0.3 is 5.11 Å². The van der Waals surface area contributed by atoms with Crippen LogP contribution in [0.2, 0.25) is 0 Å². The number of alkyl halides is 1. The lowest BCUT2D eigenvalue weighted by Gasteiger charge is -2.05. The van der Waals surface area contributed by atoms with Crippen LogP contribution in [-0.2, 0) is 4.79 Å². The van der Waals surface area contributed by atoms with Gasteiger partial charge in [-0.05, 0) is 6.42 Å². The van der Waals surface area contributed by atoms with Crippen LogP contribution >= 0.6 is 15.9 Å². The smallest absolute Gasteiger partial charge is 0.145 e. The average molecular weight is 209 g/mol. The van der Waals surface area contributed by atoms with Crippen molar-refractivity contribution in [3.63, 3.8) is 0 Å². The highest BCUT2D eigenvalue weighted by atomic mass is 79.9. The molecule has 10 heavy (non-hydrogen) atoms. The maximum atomic E-state index is 10.7. The van der Waals surface area contributed by atoms with E-state index in [0.29, 0.717) is 11.8 Å². The van der Waals surface area contributed by atoms with E-state index in [4.69, 9.17) is 5.11 Å². The molecule has 0 bridgehead atoms. The second kappa shape index (κ2) is 5.86. The first-order chi connectivity index (χ1) is 4.70. The number of halogens is 1. The zero-order valence-electron chi connectivity index (χ0n) is 6.14. The SMILES string of the molecule is CCCC(O)CC(=O)CBr. The van der Waals surface area contributed by atoms with E-state index >= 15 is 0 Å². The van der Waals surface area contributed by atoms with Gasteiger partial charge in [0.25, 0.3) is 0 Å². The van der Waals surface area contributed by atoms with Crippen LogP contribution in [0.3, 0.4) is 0 Å². The molecule has 0 radical (unpaired) electrons. The summed E-state index contributed by atoms with van der Waals surface area (Å²) in [7, 11) is 0. The highest BCUT2D eigenvalue weighted by molar-refractivity contribution is 9.09. The molecule has 0 aliphatic rings. The first kappa shape index (κ1) is 10.1. The predicted octanol–water partition coefficient (Wildman–Crippen LogP) is 1.50. The van der Waals surface area contributed by atoms with Gasteiger partial charge in [0.05, 0.1) is 11.4 Å². The summed E-state index contributed by atoms with van der Waals surface area (Å²) in [4.78, 5) is 10.7. The number of carbonyl (C=O) groups is 1. The highest BCUT2D eigenvalue weighted by Crippen LogP contribution is 2.02. The number of aliphatic hydroxyl groups is 1. The molecule has 0 heterocycles. The number of hydrogen-bond donors (Lipinski definition) is 1. The predicted molar refractivity (Wildman–Crippen MR) is 44.3 cm³/mol. The molecular weight excluding hydrogens is 196 g/mol. The van der Waals surface area contributed by atoms with Crippen molar-refractivity contribution in [1.82, 2.24) is 0 Å². The fourth-order valence-electron chi connectivity index (χ4n) is 0.753. The second-order valence-electron chi connectivity index (χ2n) is 2.32. The summed E-state index contributed by atoms with van der Waals surface area (Å²) in [5.41, 5.74) is 0. The molecule has 0 amide bonds. The molecule has 0 aliphatic heterocycles. The molecule has 0 aromatic rings. The summed E-state index contributed by atoms with van der Waals surface area (Å²) in [5.74, 6) is 0.0703. The van der Waals surface area contributed by atoms with Crippen molar-refractivity contribution in [1.29, 1.82) is 0 Å². The van der Waals surface area contributed by atoms with Crippen LogP contribution in [0, 0.1) is 0 Å². The lowest BCUT2D eigenvalue weighted by atomic mass is 10.1. The Morgan fingerprint density at radius 1 is 1.70 bits per heavy atom. The average Bonchev–Trinajstić information content (AvgIpc) is 1.88. The Bertz CT molecular complexity index is 104. The molecule has 0 saturated heterocycles. The van der Waals surface area contributed by atoms with Crippen LogP contribution in [0.25, 0.3) is 0 Å². The van der Waals surface area contributed by atoms with Crippen LogP contribution in [0.5, 0.6) is 0 Å². The molecule has 60 valence electrons. The van der Waals surface area contributed by atoms with E-state index in [2.05, 4.69) is 15.9 Å². The largest absolute Gasteiger partial charge is 0.393 e. The Kier molecular flexibility index (Phi) is 5.93. The first-order valence-corrected chi connectivity index (χ1v) is 4.58.